The molecule has 1 aromatic carbocycles. The van der Waals surface area contributed by atoms with Crippen molar-refractivity contribution in [2.24, 2.45) is 0 Å². The fourth-order valence-electron chi connectivity index (χ4n) is 2.57. The number of nitrogens with zero attached hydrogens (tertiary/aromatic N) is 1. The van der Waals surface area contributed by atoms with Crippen LogP contribution in [0.15, 0.2) is 29.2 Å². The fraction of sp³-hybridized carbons (Fsp3) is 0.562. The molecule has 0 unspecified atom stereocenters. The van der Waals surface area contributed by atoms with Gasteiger partial charge in [-0.15, -0.1) is 11.8 Å². The summed E-state index contributed by atoms with van der Waals surface area (Å²) in [5, 5.41) is 3.37. The molecule has 0 saturated heterocycles. The van der Waals surface area contributed by atoms with Crippen molar-refractivity contribution in [3.63, 3.8) is 0 Å². The quantitative estimate of drug-likeness (QED) is 0.851. The van der Waals surface area contributed by atoms with Crippen LogP contribution in [0.4, 0.5) is 5.69 Å². The predicted octanol–water partition coefficient (Wildman–Crippen LogP) is 2.94. The molecule has 1 aromatic rings. The van der Waals surface area contributed by atoms with Crippen LogP contribution in [0.5, 0.6) is 0 Å². The van der Waals surface area contributed by atoms with Gasteiger partial charge in [-0.2, -0.15) is 0 Å². The molecular formula is C16H24N2O3S2. The highest BCUT2D eigenvalue weighted by atomic mass is 32.2. The standard InChI is InChI=1S/C16H24N2O3S2/c1-18(2)23(20,21)15-10-6-7-13(11-15)17-16(19)12-22-14-8-4-3-5-9-14/h6-7,10-11,14H,3-5,8-9,12H2,1-2H3,(H,17,19). The van der Waals surface area contributed by atoms with Crippen molar-refractivity contribution >= 4 is 33.4 Å². The Balaban J connectivity index is 1.93. The molecule has 0 bridgehead atoms. The Morgan fingerprint density at radius 3 is 2.61 bits per heavy atom. The van der Waals surface area contributed by atoms with Gasteiger partial charge in [0.15, 0.2) is 0 Å². The normalized spacial score (nSPS) is 16.5. The van der Waals surface area contributed by atoms with Gasteiger partial charge >= 0.3 is 0 Å². The number of sulfonamides is 1. The molecule has 1 aliphatic rings. The van der Waals surface area contributed by atoms with Gasteiger partial charge in [0, 0.05) is 25.0 Å². The van der Waals surface area contributed by atoms with Gasteiger partial charge < -0.3 is 5.32 Å². The van der Waals surface area contributed by atoms with Crippen molar-refractivity contribution in [2.75, 3.05) is 25.2 Å². The molecule has 128 valence electrons. The van der Waals surface area contributed by atoms with E-state index in [4.69, 9.17) is 0 Å². The number of carbonyl (C=O) groups excluding carboxylic acids is 1. The van der Waals surface area contributed by atoms with Crippen molar-refractivity contribution in [3.8, 4) is 0 Å². The molecule has 0 aromatic heterocycles. The summed E-state index contributed by atoms with van der Waals surface area (Å²) in [5.41, 5.74) is 0.516. The van der Waals surface area contributed by atoms with Crippen LogP contribution < -0.4 is 5.32 Å². The summed E-state index contributed by atoms with van der Waals surface area (Å²) in [5.74, 6) is 0.329. The van der Waals surface area contributed by atoms with Crippen LogP contribution in [0.2, 0.25) is 0 Å². The molecule has 2 rings (SSSR count). The molecule has 1 aliphatic carbocycles. The molecule has 5 nitrogen and oxygen atoms in total. The summed E-state index contributed by atoms with van der Waals surface area (Å²) in [7, 11) is -0.513. The number of thioether (sulfide) groups is 1. The summed E-state index contributed by atoms with van der Waals surface area (Å²) in [6, 6.07) is 6.37. The Morgan fingerprint density at radius 2 is 1.96 bits per heavy atom. The highest BCUT2D eigenvalue weighted by molar-refractivity contribution is 8.00. The molecular weight excluding hydrogens is 332 g/mol. The molecule has 1 saturated carbocycles. The molecule has 1 fully saturated rings. The predicted molar refractivity (Wildman–Crippen MR) is 95.3 cm³/mol. The number of carbonyl (C=O) groups is 1. The van der Waals surface area contributed by atoms with E-state index in [1.165, 1.54) is 58.3 Å². The zero-order chi connectivity index (χ0) is 16.9. The number of anilines is 1. The highest BCUT2D eigenvalue weighted by Crippen LogP contribution is 2.28. The number of hydrogen-bond donors (Lipinski definition) is 1. The maximum Gasteiger partial charge on any atom is 0.242 e. The minimum Gasteiger partial charge on any atom is -0.325 e. The van der Waals surface area contributed by atoms with Crippen LogP contribution in [0.3, 0.4) is 0 Å². The summed E-state index contributed by atoms with van der Waals surface area (Å²) >= 11 is 1.70. The van der Waals surface area contributed by atoms with Crippen molar-refractivity contribution in [1.82, 2.24) is 4.31 Å². The molecule has 0 aliphatic heterocycles. The Labute approximate surface area is 142 Å². The third-order valence-electron chi connectivity index (χ3n) is 3.90. The SMILES string of the molecule is CN(C)S(=O)(=O)c1cccc(NC(=O)CSC2CCCCC2)c1. The topological polar surface area (TPSA) is 66.5 Å². The minimum atomic E-state index is -3.49. The number of benzene rings is 1. The van der Waals surface area contributed by atoms with Crippen LogP contribution in [-0.4, -0.2) is 43.7 Å². The van der Waals surface area contributed by atoms with E-state index in [0.717, 1.165) is 4.31 Å². The van der Waals surface area contributed by atoms with Crippen LogP contribution in [-0.2, 0) is 14.8 Å². The highest BCUT2D eigenvalue weighted by Gasteiger charge is 2.18. The number of hydrogen-bond acceptors (Lipinski definition) is 4. The van der Waals surface area contributed by atoms with Gasteiger partial charge in [-0.1, -0.05) is 25.3 Å². The van der Waals surface area contributed by atoms with Gasteiger partial charge in [-0.3, -0.25) is 4.79 Å². The monoisotopic (exact) mass is 356 g/mol. The fourth-order valence-corrected chi connectivity index (χ4v) is 4.64. The molecule has 0 heterocycles. The van der Waals surface area contributed by atoms with Gasteiger partial charge in [-0.25, -0.2) is 12.7 Å². The second-order valence-electron chi connectivity index (χ2n) is 5.93. The number of amides is 1. The average molecular weight is 357 g/mol. The third-order valence-corrected chi connectivity index (χ3v) is 7.08. The van der Waals surface area contributed by atoms with E-state index < -0.39 is 10.0 Å². The summed E-state index contributed by atoms with van der Waals surface area (Å²) in [6.07, 6.45) is 6.19. The lowest BCUT2D eigenvalue weighted by molar-refractivity contribution is -0.113. The first kappa shape index (κ1) is 18.3. The van der Waals surface area contributed by atoms with E-state index >= 15 is 0 Å². The zero-order valence-electron chi connectivity index (χ0n) is 13.6. The van der Waals surface area contributed by atoms with E-state index in [9.17, 15) is 13.2 Å². The van der Waals surface area contributed by atoms with Crippen molar-refractivity contribution in [2.45, 2.75) is 42.2 Å². The Bertz CT molecular complexity index is 638. The third kappa shape index (κ3) is 5.22. The van der Waals surface area contributed by atoms with Gasteiger partial charge in [0.25, 0.3) is 0 Å². The van der Waals surface area contributed by atoms with Gasteiger partial charge in [0.1, 0.15) is 0 Å². The lowest BCUT2D eigenvalue weighted by Gasteiger charge is -2.20. The maximum absolute atomic E-state index is 12.1. The largest absolute Gasteiger partial charge is 0.325 e. The number of nitrogens with one attached hydrogen (secondary N) is 1. The lowest BCUT2D eigenvalue weighted by atomic mass is 10.0. The molecule has 0 radical (unpaired) electrons. The van der Waals surface area contributed by atoms with Crippen molar-refractivity contribution in [3.05, 3.63) is 24.3 Å². The average Bonchev–Trinajstić information content (AvgIpc) is 2.54. The summed E-state index contributed by atoms with van der Waals surface area (Å²) in [4.78, 5) is 12.2. The van der Waals surface area contributed by atoms with Gasteiger partial charge in [0.2, 0.25) is 15.9 Å². The van der Waals surface area contributed by atoms with Crippen molar-refractivity contribution < 1.29 is 13.2 Å². The summed E-state index contributed by atoms with van der Waals surface area (Å²) in [6.45, 7) is 0. The van der Waals surface area contributed by atoms with Crippen molar-refractivity contribution in [1.29, 1.82) is 0 Å². The Kier molecular flexibility index (Phi) is 6.50. The second kappa shape index (κ2) is 8.17. The van der Waals surface area contributed by atoms with Gasteiger partial charge in [-0.05, 0) is 31.0 Å². The molecule has 0 spiro atoms. The molecule has 23 heavy (non-hydrogen) atoms. The molecule has 1 N–H and O–H groups in total. The first-order valence-electron chi connectivity index (χ1n) is 7.83. The maximum atomic E-state index is 12.1. The molecule has 7 heteroatoms. The van der Waals surface area contributed by atoms with E-state index in [2.05, 4.69) is 5.32 Å². The van der Waals surface area contributed by atoms with E-state index in [0.29, 0.717) is 16.7 Å². The number of rotatable bonds is 6. The first-order valence-corrected chi connectivity index (χ1v) is 10.3. The van der Waals surface area contributed by atoms with Crippen LogP contribution >= 0.6 is 11.8 Å². The van der Waals surface area contributed by atoms with E-state index in [1.54, 1.807) is 23.9 Å². The zero-order valence-corrected chi connectivity index (χ0v) is 15.3. The van der Waals surface area contributed by atoms with Gasteiger partial charge in [0.05, 0.1) is 10.6 Å². The molecule has 0 atom stereocenters. The Hall–Kier alpha value is -1.05. The van der Waals surface area contributed by atoms with Crippen LogP contribution in [0.1, 0.15) is 32.1 Å². The van der Waals surface area contributed by atoms with Crippen LogP contribution in [0, 0.1) is 0 Å². The Morgan fingerprint density at radius 1 is 1.26 bits per heavy atom. The summed E-state index contributed by atoms with van der Waals surface area (Å²) < 4.78 is 25.4. The minimum absolute atomic E-state index is 0.0834. The smallest absolute Gasteiger partial charge is 0.242 e. The second-order valence-corrected chi connectivity index (χ2v) is 9.37. The van der Waals surface area contributed by atoms with E-state index in [1.807, 2.05) is 0 Å². The van der Waals surface area contributed by atoms with E-state index in [-0.39, 0.29) is 10.8 Å². The molecule has 1 amide bonds. The first-order chi connectivity index (χ1) is 10.9. The van der Waals surface area contributed by atoms with Crippen LogP contribution in [0.25, 0.3) is 0 Å². The lowest BCUT2D eigenvalue weighted by Crippen LogP contribution is -2.22.